The zero-order chi connectivity index (χ0) is 20.8. The highest BCUT2D eigenvalue weighted by molar-refractivity contribution is 6.04. The zero-order valence-corrected chi connectivity index (χ0v) is 16.6. The summed E-state index contributed by atoms with van der Waals surface area (Å²) in [5.74, 6) is -0.0747. The maximum absolute atomic E-state index is 12.8. The van der Waals surface area contributed by atoms with Crippen molar-refractivity contribution in [3.63, 3.8) is 0 Å². The number of nitrogens with zero attached hydrogens (tertiary/aromatic N) is 1. The molecule has 0 unspecified atom stereocenters. The van der Waals surface area contributed by atoms with Crippen LogP contribution in [-0.4, -0.2) is 55.7 Å². The third-order valence-corrected chi connectivity index (χ3v) is 4.70. The molecule has 0 atom stereocenters. The molecule has 0 saturated carbocycles. The van der Waals surface area contributed by atoms with Crippen LogP contribution in [-0.2, 0) is 11.2 Å². The van der Waals surface area contributed by atoms with Crippen LogP contribution in [0.3, 0.4) is 0 Å². The fraction of sp³-hybridized carbons (Fsp3) is 0.273. The van der Waals surface area contributed by atoms with Gasteiger partial charge in [-0.1, -0.05) is 24.3 Å². The summed E-state index contributed by atoms with van der Waals surface area (Å²) in [6.07, 6.45) is 0.639. The van der Waals surface area contributed by atoms with Crippen LogP contribution in [0.15, 0.2) is 54.1 Å². The number of hydrogen-bond donors (Lipinski definition) is 3. The summed E-state index contributed by atoms with van der Waals surface area (Å²) in [6, 6.07) is 14.5. The van der Waals surface area contributed by atoms with Gasteiger partial charge < -0.3 is 15.0 Å². The highest BCUT2D eigenvalue weighted by atomic mass is 16.5. The molecule has 3 rings (SSSR count). The van der Waals surface area contributed by atoms with E-state index in [1.807, 2.05) is 26.2 Å². The van der Waals surface area contributed by atoms with Crippen LogP contribution in [0.1, 0.15) is 21.5 Å². The van der Waals surface area contributed by atoms with Crippen molar-refractivity contribution in [1.29, 1.82) is 0 Å². The number of nitrogens with one attached hydrogen (secondary N) is 2. The Bertz CT molecular complexity index is 920. The van der Waals surface area contributed by atoms with E-state index in [-0.39, 0.29) is 5.91 Å². The fourth-order valence-corrected chi connectivity index (χ4v) is 3.35. The first-order valence-electron chi connectivity index (χ1n) is 9.40. The Morgan fingerprint density at radius 1 is 1.07 bits per heavy atom. The van der Waals surface area contributed by atoms with Crippen molar-refractivity contribution in [3.8, 4) is 5.75 Å². The van der Waals surface area contributed by atoms with Gasteiger partial charge in [0.05, 0.1) is 6.54 Å². The molecule has 0 heterocycles. The Kier molecular flexibility index (Phi) is 6.64. The van der Waals surface area contributed by atoms with Crippen molar-refractivity contribution >= 4 is 17.4 Å². The largest absolute Gasteiger partial charge is 0.492 e. The van der Waals surface area contributed by atoms with Gasteiger partial charge in [-0.05, 0) is 55.1 Å². The van der Waals surface area contributed by atoms with E-state index < -0.39 is 5.91 Å². The summed E-state index contributed by atoms with van der Waals surface area (Å²) in [4.78, 5) is 26.1. The minimum atomic E-state index is -0.580. The number of carbonyl (C=O) groups is 2. The lowest BCUT2D eigenvalue weighted by molar-refractivity contribution is -0.117. The molecule has 0 aliphatic heterocycles. The fourth-order valence-electron chi connectivity index (χ4n) is 3.35. The average Bonchev–Trinajstić information content (AvgIpc) is 3.09. The number of amides is 2. The molecular formula is C22H25N3O4. The molecule has 0 fully saturated rings. The van der Waals surface area contributed by atoms with E-state index in [1.54, 1.807) is 29.7 Å². The van der Waals surface area contributed by atoms with E-state index in [1.165, 1.54) is 5.56 Å². The van der Waals surface area contributed by atoms with Gasteiger partial charge in [-0.2, -0.15) is 0 Å². The van der Waals surface area contributed by atoms with E-state index in [4.69, 9.17) is 9.94 Å². The lowest BCUT2D eigenvalue weighted by Gasteiger charge is -2.14. The van der Waals surface area contributed by atoms with Crippen molar-refractivity contribution in [2.75, 3.05) is 33.8 Å². The van der Waals surface area contributed by atoms with Gasteiger partial charge in [-0.3, -0.25) is 14.8 Å². The molecule has 7 heteroatoms. The SMILES string of the molecule is CN(C)CC1=C(C(=O)NCCOc2ccc(C(=O)NO)cc2)Cc2ccccc21. The number of hydroxylamine groups is 1. The maximum Gasteiger partial charge on any atom is 0.274 e. The lowest BCUT2D eigenvalue weighted by atomic mass is 10.1. The van der Waals surface area contributed by atoms with E-state index in [9.17, 15) is 9.59 Å². The minimum Gasteiger partial charge on any atom is -0.492 e. The molecule has 0 saturated heterocycles. The third-order valence-electron chi connectivity index (χ3n) is 4.70. The maximum atomic E-state index is 12.8. The molecule has 0 bridgehead atoms. The first-order valence-corrected chi connectivity index (χ1v) is 9.40. The average molecular weight is 395 g/mol. The summed E-state index contributed by atoms with van der Waals surface area (Å²) in [7, 11) is 3.99. The Morgan fingerprint density at radius 2 is 1.79 bits per heavy atom. The zero-order valence-electron chi connectivity index (χ0n) is 16.6. The molecule has 0 aromatic heterocycles. The van der Waals surface area contributed by atoms with Gasteiger partial charge in [0, 0.05) is 24.1 Å². The van der Waals surface area contributed by atoms with E-state index in [0.717, 1.165) is 16.7 Å². The van der Waals surface area contributed by atoms with Crippen LogP contribution in [0.4, 0.5) is 0 Å². The smallest absolute Gasteiger partial charge is 0.274 e. The molecule has 2 amide bonds. The van der Waals surface area contributed by atoms with Crippen LogP contribution >= 0.6 is 0 Å². The Balaban J connectivity index is 1.55. The minimum absolute atomic E-state index is 0.0726. The summed E-state index contributed by atoms with van der Waals surface area (Å²) >= 11 is 0. The summed E-state index contributed by atoms with van der Waals surface area (Å²) in [5.41, 5.74) is 6.11. The predicted molar refractivity (Wildman–Crippen MR) is 110 cm³/mol. The molecule has 3 N–H and O–H groups in total. The van der Waals surface area contributed by atoms with Crippen LogP contribution < -0.4 is 15.5 Å². The van der Waals surface area contributed by atoms with E-state index in [0.29, 0.717) is 37.4 Å². The number of carbonyl (C=O) groups excluding carboxylic acids is 2. The van der Waals surface area contributed by atoms with E-state index in [2.05, 4.69) is 22.3 Å². The molecule has 0 spiro atoms. The molecular weight excluding hydrogens is 370 g/mol. The topological polar surface area (TPSA) is 90.9 Å². The Labute approximate surface area is 169 Å². The number of benzene rings is 2. The van der Waals surface area contributed by atoms with Crippen LogP contribution in [0.2, 0.25) is 0 Å². The van der Waals surface area contributed by atoms with Crippen molar-refractivity contribution in [2.24, 2.45) is 0 Å². The van der Waals surface area contributed by atoms with E-state index >= 15 is 0 Å². The predicted octanol–water partition coefficient (Wildman–Crippen LogP) is 1.87. The Morgan fingerprint density at radius 3 is 2.48 bits per heavy atom. The van der Waals surface area contributed by atoms with Crippen molar-refractivity contribution in [1.82, 2.24) is 15.7 Å². The number of hydrogen-bond acceptors (Lipinski definition) is 5. The number of ether oxygens (including phenoxy) is 1. The van der Waals surface area contributed by atoms with Crippen molar-refractivity contribution in [2.45, 2.75) is 6.42 Å². The number of rotatable bonds is 8. The van der Waals surface area contributed by atoms with Gasteiger partial charge in [0.25, 0.3) is 5.91 Å². The van der Waals surface area contributed by atoms with Gasteiger partial charge in [0.2, 0.25) is 5.91 Å². The number of likely N-dealkylation sites (N-methyl/N-ethyl adjacent to an activating group) is 1. The van der Waals surface area contributed by atoms with Crippen LogP contribution in [0.5, 0.6) is 5.75 Å². The molecule has 2 aromatic rings. The highest BCUT2D eigenvalue weighted by Gasteiger charge is 2.25. The second-order valence-corrected chi connectivity index (χ2v) is 7.10. The summed E-state index contributed by atoms with van der Waals surface area (Å²) in [6.45, 7) is 1.39. The van der Waals surface area contributed by atoms with Gasteiger partial charge >= 0.3 is 0 Å². The normalized spacial score (nSPS) is 12.7. The van der Waals surface area contributed by atoms with Gasteiger partial charge in [-0.25, -0.2) is 5.48 Å². The van der Waals surface area contributed by atoms with Crippen LogP contribution in [0, 0.1) is 0 Å². The molecule has 2 aromatic carbocycles. The molecule has 29 heavy (non-hydrogen) atoms. The standard InChI is InChI=1S/C22H25N3O4/c1-25(2)14-20-18-6-4-3-5-16(18)13-19(20)22(27)23-11-12-29-17-9-7-15(8-10-17)21(26)24-28/h3-10,28H,11-14H2,1-2H3,(H,23,27)(H,24,26). The second-order valence-electron chi connectivity index (χ2n) is 7.10. The second kappa shape index (κ2) is 9.36. The molecule has 7 nitrogen and oxygen atoms in total. The van der Waals surface area contributed by atoms with Crippen molar-refractivity contribution < 1.29 is 19.5 Å². The number of fused-ring (bicyclic) bond motifs is 1. The quantitative estimate of drug-likeness (QED) is 0.361. The molecule has 1 aliphatic rings. The van der Waals surface area contributed by atoms with Gasteiger partial charge in [0.1, 0.15) is 12.4 Å². The first kappa shape index (κ1) is 20.6. The summed E-state index contributed by atoms with van der Waals surface area (Å²) < 4.78 is 5.61. The van der Waals surface area contributed by atoms with Crippen molar-refractivity contribution in [3.05, 3.63) is 70.8 Å². The highest BCUT2D eigenvalue weighted by Crippen LogP contribution is 2.33. The van der Waals surface area contributed by atoms with Gasteiger partial charge in [-0.15, -0.1) is 0 Å². The molecule has 1 aliphatic carbocycles. The Hall–Kier alpha value is -3.16. The monoisotopic (exact) mass is 395 g/mol. The molecule has 152 valence electrons. The summed E-state index contributed by atoms with van der Waals surface area (Å²) in [5, 5.41) is 11.6. The van der Waals surface area contributed by atoms with Crippen LogP contribution in [0.25, 0.3) is 5.57 Å². The third kappa shape index (κ3) is 5.01. The molecule has 0 radical (unpaired) electrons. The lowest BCUT2D eigenvalue weighted by Crippen LogP contribution is -2.30. The van der Waals surface area contributed by atoms with Gasteiger partial charge in [0.15, 0.2) is 0 Å². The first-order chi connectivity index (χ1) is 14.0.